The summed E-state index contributed by atoms with van der Waals surface area (Å²) >= 11 is 0.709. The zero-order chi connectivity index (χ0) is 13.5. The molecule has 0 aliphatic carbocycles. The Kier molecular flexibility index (Phi) is 14.7. The van der Waals surface area contributed by atoms with E-state index in [0.29, 0.717) is 30.8 Å². The van der Waals surface area contributed by atoms with Crippen LogP contribution in [0, 0.1) is 0 Å². The zero-order valence-corrected chi connectivity index (χ0v) is 12.5. The molecular weight excluding hydrogens is 248 g/mol. The number of carbonyl (C=O) groups excluding carboxylic acids is 1. The van der Waals surface area contributed by atoms with E-state index >= 15 is 0 Å². The van der Waals surface area contributed by atoms with Crippen molar-refractivity contribution in [1.29, 1.82) is 0 Å². The molecule has 0 amide bonds. The van der Waals surface area contributed by atoms with Crippen molar-refractivity contribution in [1.82, 2.24) is 0 Å². The Labute approximate surface area is 116 Å². The summed E-state index contributed by atoms with van der Waals surface area (Å²) in [6.45, 7) is 2.55. The Balaban J connectivity index is 3.08. The average molecular weight is 276 g/mol. The maximum Gasteiger partial charge on any atom is 0.305 e. The predicted octanol–water partition coefficient (Wildman–Crippen LogP) is 4.66. The highest BCUT2D eigenvalue weighted by Crippen LogP contribution is 2.10. The first-order valence-electron chi connectivity index (χ1n) is 7.23. The van der Waals surface area contributed by atoms with Crippen molar-refractivity contribution in [2.45, 2.75) is 71.1 Å². The van der Waals surface area contributed by atoms with Crippen LogP contribution >= 0.6 is 12.0 Å². The van der Waals surface area contributed by atoms with Crippen LogP contribution in [0.2, 0.25) is 0 Å². The normalized spacial score (nSPS) is 10.6. The highest BCUT2D eigenvalue weighted by atomic mass is 32.2. The van der Waals surface area contributed by atoms with Crippen LogP contribution in [0.5, 0.6) is 0 Å². The van der Waals surface area contributed by atoms with Crippen molar-refractivity contribution >= 4 is 18.0 Å². The molecule has 0 aromatic rings. The lowest BCUT2D eigenvalue weighted by Crippen LogP contribution is -2.06. The van der Waals surface area contributed by atoms with Gasteiger partial charge >= 0.3 is 5.97 Å². The van der Waals surface area contributed by atoms with Crippen molar-refractivity contribution in [3.63, 3.8) is 0 Å². The number of unbranched alkanes of at least 4 members (excludes halogenated alkanes) is 8. The Hall–Kier alpha value is -0.220. The van der Waals surface area contributed by atoms with Crippen LogP contribution in [0.3, 0.4) is 0 Å². The molecular formula is C14H28O3S. The van der Waals surface area contributed by atoms with Crippen molar-refractivity contribution in [3.05, 3.63) is 0 Å². The van der Waals surface area contributed by atoms with Gasteiger partial charge in [-0.1, -0.05) is 58.3 Å². The summed E-state index contributed by atoms with van der Waals surface area (Å²) in [6, 6.07) is 0. The smallest absolute Gasteiger partial charge is 0.305 e. The van der Waals surface area contributed by atoms with Crippen molar-refractivity contribution in [2.24, 2.45) is 0 Å². The van der Waals surface area contributed by atoms with E-state index in [4.69, 9.17) is 9.29 Å². The van der Waals surface area contributed by atoms with Gasteiger partial charge < -0.3 is 9.29 Å². The molecule has 4 heteroatoms. The lowest BCUT2D eigenvalue weighted by Gasteiger charge is -2.03. The summed E-state index contributed by atoms with van der Waals surface area (Å²) in [5.41, 5.74) is 0. The zero-order valence-electron chi connectivity index (χ0n) is 11.7. The quantitative estimate of drug-likeness (QED) is 0.302. The van der Waals surface area contributed by atoms with Crippen LogP contribution in [-0.2, 0) is 9.53 Å². The fraction of sp³-hybridized carbons (Fsp3) is 0.929. The Bertz CT molecular complexity index is 186. The lowest BCUT2D eigenvalue weighted by atomic mass is 10.1. The second-order valence-electron chi connectivity index (χ2n) is 4.63. The second kappa shape index (κ2) is 14.8. The van der Waals surface area contributed by atoms with Gasteiger partial charge in [-0.05, 0) is 18.5 Å². The van der Waals surface area contributed by atoms with Crippen LogP contribution in [0.1, 0.15) is 71.1 Å². The van der Waals surface area contributed by atoms with E-state index in [-0.39, 0.29) is 5.97 Å². The van der Waals surface area contributed by atoms with Gasteiger partial charge in [-0.2, -0.15) is 0 Å². The first-order valence-corrected chi connectivity index (χ1v) is 8.17. The van der Waals surface area contributed by atoms with Crippen molar-refractivity contribution in [3.8, 4) is 0 Å². The second-order valence-corrected chi connectivity index (χ2v) is 5.30. The number of ether oxygens (including phenoxy) is 1. The molecule has 18 heavy (non-hydrogen) atoms. The first-order chi connectivity index (χ1) is 8.81. The van der Waals surface area contributed by atoms with Gasteiger partial charge in [0.15, 0.2) is 0 Å². The van der Waals surface area contributed by atoms with E-state index in [2.05, 4.69) is 6.92 Å². The van der Waals surface area contributed by atoms with Gasteiger partial charge in [0.2, 0.25) is 0 Å². The van der Waals surface area contributed by atoms with Crippen LogP contribution < -0.4 is 0 Å². The van der Waals surface area contributed by atoms with Gasteiger partial charge in [0, 0.05) is 6.42 Å². The monoisotopic (exact) mass is 276 g/mol. The van der Waals surface area contributed by atoms with Crippen LogP contribution in [-0.4, -0.2) is 22.9 Å². The summed E-state index contributed by atoms with van der Waals surface area (Å²) in [5.74, 6) is 0.329. The summed E-state index contributed by atoms with van der Waals surface area (Å²) in [6.07, 6.45) is 11.8. The number of rotatable bonds is 13. The predicted molar refractivity (Wildman–Crippen MR) is 77.9 cm³/mol. The average Bonchev–Trinajstić information content (AvgIpc) is 2.37. The van der Waals surface area contributed by atoms with Gasteiger partial charge in [0.25, 0.3) is 0 Å². The van der Waals surface area contributed by atoms with E-state index in [1.807, 2.05) is 0 Å². The summed E-state index contributed by atoms with van der Waals surface area (Å²) in [7, 11) is 0. The molecule has 0 bridgehead atoms. The van der Waals surface area contributed by atoms with E-state index in [0.717, 1.165) is 12.8 Å². The maximum absolute atomic E-state index is 11.2. The van der Waals surface area contributed by atoms with Gasteiger partial charge in [-0.25, -0.2) is 0 Å². The molecule has 0 saturated carbocycles. The van der Waals surface area contributed by atoms with Crippen LogP contribution in [0.15, 0.2) is 0 Å². The fourth-order valence-electron chi connectivity index (χ4n) is 1.84. The molecule has 0 aliphatic heterocycles. The largest absolute Gasteiger partial charge is 0.465 e. The van der Waals surface area contributed by atoms with E-state index in [9.17, 15) is 4.79 Å². The molecule has 1 N–H and O–H groups in total. The molecule has 0 fully saturated rings. The Morgan fingerprint density at radius 3 is 2.11 bits per heavy atom. The maximum atomic E-state index is 11.2. The van der Waals surface area contributed by atoms with Gasteiger partial charge in [0.05, 0.1) is 5.75 Å². The van der Waals surface area contributed by atoms with Crippen molar-refractivity contribution in [2.75, 3.05) is 12.4 Å². The standard InChI is InChI=1S/C14H28O3S/c1-2-3-4-5-6-7-8-9-10-11-14(15)17-12-13-18-16/h16H,2-13H2,1H3. The third-order valence-electron chi connectivity index (χ3n) is 2.92. The lowest BCUT2D eigenvalue weighted by molar-refractivity contribution is -0.143. The molecule has 0 radical (unpaired) electrons. The molecule has 0 saturated heterocycles. The third kappa shape index (κ3) is 13.8. The van der Waals surface area contributed by atoms with Gasteiger partial charge in [0.1, 0.15) is 6.61 Å². The molecule has 0 aromatic carbocycles. The van der Waals surface area contributed by atoms with Gasteiger partial charge in [-0.15, -0.1) is 0 Å². The molecule has 3 nitrogen and oxygen atoms in total. The van der Waals surface area contributed by atoms with Crippen molar-refractivity contribution < 1.29 is 14.1 Å². The third-order valence-corrected chi connectivity index (χ3v) is 3.27. The summed E-state index contributed by atoms with van der Waals surface area (Å²) in [4.78, 5) is 11.2. The molecule has 0 atom stereocenters. The summed E-state index contributed by atoms with van der Waals surface area (Å²) in [5, 5.41) is 0. The molecule has 108 valence electrons. The number of esters is 1. The van der Waals surface area contributed by atoms with Crippen LogP contribution in [0.25, 0.3) is 0 Å². The number of hydrogen-bond donors (Lipinski definition) is 1. The Morgan fingerprint density at radius 2 is 1.56 bits per heavy atom. The van der Waals surface area contributed by atoms with E-state index in [1.165, 1.54) is 44.9 Å². The fourth-order valence-corrected chi connectivity index (χ4v) is 2.00. The molecule has 0 aromatic heterocycles. The minimum absolute atomic E-state index is 0.132. The first kappa shape index (κ1) is 17.8. The van der Waals surface area contributed by atoms with Crippen LogP contribution in [0.4, 0.5) is 0 Å². The molecule has 0 rings (SSSR count). The van der Waals surface area contributed by atoms with E-state index < -0.39 is 0 Å². The number of hydrogen-bond acceptors (Lipinski definition) is 4. The molecule has 0 heterocycles. The highest BCUT2D eigenvalue weighted by molar-refractivity contribution is 7.93. The molecule has 0 spiro atoms. The molecule has 0 unspecified atom stereocenters. The SMILES string of the molecule is CCCCCCCCCCCC(=O)OCCSO. The minimum atomic E-state index is -0.132. The summed E-state index contributed by atoms with van der Waals surface area (Å²) < 4.78 is 13.4. The number of carbonyl (C=O) groups is 1. The highest BCUT2D eigenvalue weighted by Gasteiger charge is 2.01. The Morgan fingerprint density at radius 1 is 1.00 bits per heavy atom. The van der Waals surface area contributed by atoms with Gasteiger partial charge in [-0.3, -0.25) is 4.79 Å². The minimum Gasteiger partial charge on any atom is -0.465 e. The molecule has 0 aliphatic rings. The van der Waals surface area contributed by atoms with E-state index in [1.54, 1.807) is 0 Å². The topological polar surface area (TPSA) is 46.5 Å².